The van der Waals surface area contributed by atoms with E-state index in [2.05, 4.69) is 27.4 Å². The molecule has 0 aliphatic carbocycles. The normalized spacial score (nSPS) is 11.7. The Morgan fingerprint density at radius 2 is 2.20 bits per heavy atom. The van der Waals surface area contributed by atoms with Crippen molar-refractivity contribution in [1.82, 2.24) is 5.43 Å². The lowest BCUT2D eigenvalue weighted by Crippen LogP contribution is -2.23. The summed E-state index contributed by atoms with van der Waals surface area (Å²) in [5.74, 6) is 0. The largest absolute Gasteiger partial charge is 0.572 e. The predicted octanol–water partition coefficient (Wildman–Crippen LogP) is 1.45. The Hall–Kier alpha value is -0.920. The average molecular weight is 221 g/mol. The number of hydrogen-bond acceptors (Lipinski definition) is 5. The second-order valence-electron chi connectivity index (χ2n) is 3.00. The van der Waals surface area contributed by atoms with Gasteiger partial charge in [-0.05, 0) is 24.4 Å². The zero-order valence-electron chi connectivity index (χ0n) is 9.02. The molecule has 0 saturated carbocycles. The van der Waals surface area contributed by atoms with Gasteiger partial charge in [-0.3, -0.25) is 0 Å². The summed E-state index contributed by atoms with van der Waals surface area (Å²) in [6, 6.07) is 0. The first kappa shape index (κ1) is 14.1. The zero-order valence-corrected chi connectivity index (χ0v) is 9.02. The molecule has 15 heavy (non-hydrogen) atoms. The van der Waals surface area contributed by atoms with E-state index in [1.54, 1.807) is 0 Å². The summed E-state index contributed by atoms with van der Waals surface area (Å²) >= 11 is 0. The van der Waals surface area contributed by atoms with Crippen molar-refractivity contribution in [2.75, 3.05) is 19.7 Å². The molecule has 0 aliphatic heterocycles. The highest BCUT2D eigenvalue weighted by Crippen LogP contribution is 1.91. The summed E-state index contributed by atoms with van der Waals surface area (Å²) in [5, 5.41) is 25.9. The van der Waals surface area contributed by atoms with Gasteiger partial charge in [0.1, 0.15) is 6.54 Å². The molecule has 2 N–H and O–H groups in total. The molecule has 0 aromatic heterocycles. The van der Waals surface area contributed by atoms with Crippen molar-refractivity contribution in [2.24, 2.45) is 5.11 Å². The quantitative estimate of drug-likeness (QED) is 0.192. The van der Waals surface area contributed by atoms with E-state index in [1.807, 2.05) is 0 Å². The minimum Gasteiger partial charge on any atom is -0.572 e. The molecule has 0 aromatic carbocycles. The molecule has 0 heterocycles. The topological polar surface area (TPSA) is 89.2 Å². The number of hydrogen-bond donors (Lipinski definition) is 2. The molecule has 0 saturated heterocycles. The maximum atomic E-state index is 10.9. The van der Waals surface area contributed by atoms with E-state index in [4.69, 9.17) is 5.26 Å². The van der Waals surface area contributed by atoms with Crippen LogP contribution in [0.25, 0.3) is 0 Å². The highest BCUT2D eigenvalue weighted by molar-refractivity contribution is 4.39. The summed E-state index contributed by atoms with van der Waals surface area (Å²) in [4.78, 5) is 4.73. The summed E-state index contributed by atoms with van der Waals surface area (Å²) in [6.07, 6.45) is 3.37. The van der Waals surface area contributed by atoms with E-state index in [9.17, 15) is 5.21 Å². The fourth-order valence-electron chi connectivity index (χ4n) is 0.873. The molecule has 0 rings (SSSR count). The number of nitrogens with one attached hydrogen (secondary N) is 1. The van der Waals surface area contributed by atoms with Crippen LogP contribution in [0, 0.1) is 5.21 Å². The number of rotatable bonds is 10. The molecule has 0 fully saturated rings. The number of unbranched alkanes of at least 4 members (excludes halogenated alkanes) is 2. The summed E-state index contributed by atoms with van der Waals surface area (Å²) in [6.45, 7) is 3.41. The van der Waals surface area contributed by atoms with Crippen LogP contribution in [0.1, 0.15) is 32.6 Å². The van der Waals surface area contributed by atoms with Gasteiger partial charge in [0.05, 0.1) is 13.2 Å². The Bertz CT molecular complexity index is 166. The second kappa shape index (κ2) is 11.2. The minimum absolute atomic E-state index is 0.286. The number of nitrogens with zero attached hydrogens (tertiary/aromatic N) is 2. The average Bonchev–Trinajstić information content (AvgIpc) is 2.23. The Morgan fingerprint density at radius 3 is 2.87 bits per heavy atom. The molecule has 0 atom stereocenters. The van der Waals surface area contributed by atoms with E-state index in [0.717, 1.165) is 12.8 Å². The van der Waals surface area contributed by atoms with Crippen molar-refractivity contribution in [3.05, 3.63) is 5.21 Å². The lowest BCUT2D eigenvalue weighted by atomic mass is 10.3. The number of hydrazine groups is 1. The van der Waals surface area contributed by atoms with E-state index >= 15 is 0 Å². The van der Waals surface area contributed by atoms with Crippen LogP contribution in [-0.2, 0) is 9.93 Å². The maximum absolute atomic E-state index is 10.9. The molecule has 0 unspecified atom stereocenters. The molecule has 0 aliphatic rings. The summed E-state index contributed by atoms with van der Waals surface area (Å²) in [7, 11) is 0. The third kappa shape index (κ3) is 11.0. The van der Waals surface area contributed by atoms with Gasteiger partial charge in [-0.1, -0.05) is 18.4 Å². The zero-order chi connectivity index (χ0) is 11.4. The first-order valence-electron chi connectivity index (χ1n) is 5.12. The van der Waals surface area contributed by atoms with Crippen molar-refractivity contribution < 1.29 is 20.2 Å². The van der Waals surface area contributed by atoms with E-state index in [0.29, 0.717) is 30.9 Å². The van der Waals surface area contributed by atoms with E-state index in [-0.39, 0.29) is 6.61 Å². The van der Waals surface area contributed by atoms with Crippen LogP contribution >= 0.6 is 0 Å². The van der Waals surface area contributed by atoms with Gasteiger partial charge in [0.25, 0.3) is 0 Å². The third-order valence-corrected chi connectivity index (χ3v) is 1.69. The lowest BCUT2D eigenvalue weighted by molar-refractivity contribution is -0.590. The molecule has 0 radical (unpaired) electrons. The highest BCUT2D eigenvalue weighted by Gasteiger charge is 1.94. The van der Waals surface area contributed by atoms with Crippen LogP contribution in [-0.4, -0.2) is 29.9 Å². The molecular formula is C8H19N3O4. The van der Waals surface area contributed by atoms with Crippen molar-refractivity contribution in [3.8, 4) is 0 Å². The second-order valence-corrected chi connectivity index (χ2v) is 3.00. The van der Waals surface area contributed by atoms with Gasteiger partial charge in [-0.25, -0.2) is 10.1 Å². The van der Waals surface area contributed by atoms with Gasteiger partial charge in [-0.15, -0.1) is 0 Å². The van der Waals surface area contributed by atoms with Crippen LogP contribution in [0.15, 0.2) is 5.11 Å². The molecule has 0 bridgehead atoms. The van der Waals surface area contributed by atoms with Crippen LogP contribution in [0.2, 0.25) is 0 Å². The molecule has 0 amide bonds. The predicted molar refractivity (Wildman–Crippen MR) is 52.7 cm³/mol. The minimum atomic E-state index is 0.286. The molecule has 0 spiro atoms. The smallest absolute Gasteiger partial charge is 0.106 e. The van der Waals surface area contributed by atoms with Crippen LogP contribution < -0.4 is 5.43 Å². The van der Waals surface area contributed by atoms with Crippen LogP contribution in [0.5, 0.6) is 0 Å². The van der Waals surface area contributed by atoms with Crippen molar-refractivity contribution in [1.29, 1.82) is 0 Å². The standard InChI is InChI=1S/C8H19N3O4/c1-2-3-6-9-11(12)10-7-4-5-8-14-15-13/h13H,2-8H2,1H3,(H,9,10). The van der Waals surface area contributed by atoms with Gasteiger partial charge >= 0.3 is 0 Å². The first-order chi connectivity index (χ1) is 7.31. The summed E-state index contributed by atoms with van der Waals surface area (Å²) in [5.41, 5.74) is 2.60. The van der Waals surface area contributed by atoms with Crippen molar-refractivity contribution in [2.45, 2.75) is 32.6 Å². The van der Waals surface area contributed by atoms with Gasteiger partial charge in [0, 0.05) is 4.97 Å². The van der Waals surface area contributed by atoms with Crippen LogP contribution in [0.3, 0.4) is 0 Å². The molecule has 90 valence electrons. The molecule has 7 nitrogen and oxygen atoms in total. The van der Waals surface area contributed by atoms with Gasteiger partial charge in [-0.2, -0.15) is 5.43 Å². The van der Waals surface area contributed by atoms with Gasteiger partial charge in [0.2, 0.25) is 0 Å². The van der Waals surface area contributed by atoms with E-state index < -0.39 is 0 Å². The van der Waals surface area contributed by atoms with Gasteiger partial charge < -0.3 is 5.21 Å². The van der Waals surface area contributed by atoms with Crippen molar-refractivity contribution >= 4 is 0 Å². The molecule has 0 aromatic rings. The molecular weight excluding hydrogens is 202 g/mol. The Morgan fingerprint density at radius 1 is 1.40 bits per heavy atom. The Balaban J connectivity index is 3.25. The monoisotopic (exact) mass is 221 g/mol. The third-order valence-electron chi connectivity index (χ3n) is 1.69. The lowest BCUT2D eigenvalue weighted by Gasteiger charge is -2.01. The Kier molecular flexibility index (Phi) is 10.5. The summed E-state index contributed by atoms with van der Waals surface area (Å²) < 4.78 is 0. The fraction of sp³-hybridized carbons (Fsp3) is 1.00. The highest BCUT2D eigenvalue weighted by atomic mass is 17.5. The fourth-order valence-corrected chi connectivity index (χ4v) is 0.873. The van der Waals surface area contributed by atoms with Crippen LogP contribution in [0.4, 0.5) is 0 Å². The van der Waals surface area contributed by atoms with E-state index in [1.165, 1.54) is 0 Å². The van der Waals surface area contributed by atoms with Gasteiger partial charge in [0.15, 0.2) is 0 Å². The Labute approximate surface area is 89.1 Å². The van der Waals surface area contributed by atoms with Crippen molar-refractivity contribution in [3.63, 3.8) is 0 Å². The SMILES string of the molecule is CCCCN[N+]([O-])=NCCCCOOO. The first-order valence-corrected chi connectivity index (χ1v) is 5.12. The maximum Gasteiger partial charge on any atom is 0.106 e. The molecule has 7 heteroatoms.